The van der Waals surface area contributed by atoms with Crippen molar-refractivity contribution in [3.63, 3.8) is 0 Å². The molecule has 2 aromatic rings. The van der Waals surface area contributed by atoms with Gasteiger partial charge in [0.15, 0.2) is 0 Å². The van der Waals surface area contributed by atoms with Crippen molar-refractivity contribution in [2.45, 2.75) is 43.2 Å². The molecule has 0 radical (unpaired) electrons. The Morgan fingerprint density at radius 3 is 2.77 bits per heavy atom. The second-order valence-corrected chi connectivity index (χ2v) is 8.49. The Hall–Kier alpha value is -2.32. The number of benzene rings is 1. The summed E-state index contributed by atoms with van der Waals surface area (Å²) in [5, 5.41) is 2.59. The molecular formula is C18H18FN3O3S. The van der Waals surface area contributed by atoms with Crippen molar-refractivity contribution >= 4 is 21.6 Å². The summed E-state index contributed by atoms with van der Waals surface area (Å²) in [6.45, 7) is 0.161. The van der Waals surface area contributed by atoms with Crippen molar-refractivity contribution in [3.8, 4) is 0 Å². The Morgan fingerprint density at radius 2 is 2.08 bits per heavy atom. The third kappa shape index (κ3) is 3.22. The summed E-state index contributed by atoms with van der Waals surface area (Å²) in [6, 6.07) is 5.90. The summed E-state index contributed by atoms with van der Waals surface area (Å²) in [6.07, 6.45) is 5.43. The molecule has 1 N–H and O–H groups in total. The second kappa shape index (κ2) is 6.44. The van der Waals surface area contributed by atoms with Crippen molar-refractivity contribution < 1.29 is 17.6 Å². The normalized spacial score (nSPS) is 17.1. The number of halogens is 1. The molecule has 1 saturated carbocycles. The molecule has 0 atom stereocenters. The van der Waals surface area contributed by atoms with Crippen LogP contribution in [0.3, 0.4) is 0 Å². The van der Waals surface area contributed by atoms with E-state index in [9.17, 15) is 17.6 Å². The third-order valence-corrected chi connectivity index (χ3v) is 6.57. The first-order valence-electron chi connectivity index (χ1n) is 8.48. The van der Waals surface area contributed by atoms with Gasteiger partial charge >= 0.3 is 0 Å². The van der Waals surface area contributed by atoms with Gasteiger partial charge in [0.2, 0.25) is 15.9 Å². The quantitative estimate of drug-likeness (QED) is 0.871. The molecule has 1 aliphatic carbocycles. The summed E-state index contributed by atoms with van der Waals surface area (Å²) < 4.78 is 42.3. The minimum atomic E-state index is -4.00. The van der Waals surface area contributed by atoms with Gasteiger partial charge in [-0.15, -0.1) is 0 Å². The van der Waals surface area contributed by atoms with Crippen LogP contribution in [0.25, 0.3) is 0 Å². The number of aromatic nitrogens is 1. The predicted octanol–water partition coefficient (Wildman–Crippen LogP) is 2.46. The number of hydrogen-bond donors (Lipinski definition) is 1. The van der Waals surface area contributed by atoms with E-state index in [0.29, 0.717) is 17.7 Å². The molecule has 136 valence electrons. The summed E-state index contributed by atoms with van der Waals surface area (Å²) in [5.41, 5.74) is 1.75. The van der Waals surface area contributed by atoms with Gasteiger partial charge in [0.25, 0.3) is 0 Å². The van der Waals surface area contributed by atoms with Crippen LogP contribution >= 0.6 is 0 Å². The maximum Gasteiger partial charge on any atom is 0.246 e. The van der Waals surface area contributed by atoms with Crippen LogP contribution in [0.1, 0.15) is 30.4 Å². The third-order valence-electron chi connectivity index (χ3n) is 4.66. The lowest BCUT2D eigenvalue weighted by atomic mass is 10.0. The minimum Gasteiger partial charge on any atom is -0.326 e. The average molecular weight is 375 g/mol. The first-order chi connectivity index (χ1) is 12.4. The van der Waals surface area contributed by atoms with Gasteiger partial charge in [-0.1, -0.05) is 6.07 Å². The van der Waals surface area contributed by atoms with E-state index in [4.69, 9.17) is 0 Å². The lowest BCUT2D eigenvalue weighted by Crippen LogP contribution is -2.33. The Labute approximate surface area is 151 Å². The zero-order chi connectivity index (χ0) is 18.3. The van der Waals surface area contributed by atoms with Crippen molar-refractivity contribution in [1.29, 1.82) is 0 Å². The fourth-order valence-corrected chi connectivity index (χ4v) is 4.92. The predicted molar refractivity (Wildman–Crippen MR) is 93.3 cm³/mol. The molecule has 6 nitrogen and oxygen atoms in total. The molecule has 1 aromatic carbocycles. The number of sulfonamides is 1. The largest absolute Gasteiger partial charge is 0.326 e. The van der Waals surface area contributed by atoms with Gasteiger partial charge in [0.05, 0.1) is 0 Å². The van der Waals surface area contributed by atoms with Crippen molar-refractivity contribution in [1.82, 2.24) is 9.29 Å². The summed E-state index contributed by atoms with van der Waals surface area (Å²) in [5.74, 6) is -1.04. The Bertz CT molecular complexity index is 959. The van der Waals surface area contributed by atoms with Crippen molar-refractivity contribution in [3.05, 3.63) is 53.6 Å². The highest BCUT2D eigenvalue weighted by Crippen LogP contribution is 2.36. The monoisotopic (exact) mass is 375 g/mol. The molecule has 0 saturated heterocycles. The molecular weight excluding hydrogens is 357 g/mol. The number of nitrogens with one attached hydrogen (secondary N) is 1. The van der Waals surface area contributed by atoms with E-state index in [0.717, 1.165) is 24.5 Å². The molecule has 2 aliphatic rings. The molecule has 1 aromatic heterocycles. The number of nitrogens with zero attached hydrogens (tertiary/aromatic N) is 2. The van der Waals surface area contributed by atoms with Crippen LogP contribution in [0.4, 0.5) is 10.1 Å². The topological polar surface area (TPSA) is 79.4 Å². The van der Waals surface area contributed by atoms with E-state index in [1.807, 2.05) is 0 Å². The summed E-state index contributed by atoms with van der Waals surface area (Å²) >= 11 is 0. The number of rotatable bonds is 5. The SMILES string of the molecule is O=C1CCc2cc(S(=O)(=O)N(Cc3cccnc3)C3CC3)c(F)cc2N1. The van der Waals surface area contributed by atoms with Gasteiger partial charge in [0.1, 0.15) is 10.7 Å². The molecule has 26 heavy (non-hydrogen) atoms. The molecule has 4 rings (SSSR count). The first kappa shape index (κ1) is 17.1. The fraction of sp³-hybridized carbons (Fsp3) is 0.333. The van der Waals surface area contributed by atoms with Crippen LogP contribution in [0.5, 0.6) is 0 Å². The average Bonchev–Trinajstić information content (AvgIpc) is 3.44. The first-order valence-corrected chi connectivity index (χ1v) is 9.92. The lowest BCUT2D eigenvalue weighted by Gasteiger charge is -2.24. The zero-order valence-corrected chi connectivity index (χ0v) is 14.8. The summed E-state index contributed by atoms with van der Waals surface area (Å²) in [7, 11) is -4.00. The van der Waals surface area contributed by atoms with Crippen LogP contribution in [0.15, 0.2) is 41.6 Å². The minimum absolute atomic E-state index is 0.115. The number of amides is 1. The van der Waals surface area contributed by atoms with E-state index >= 15 is 0 Å². The van der Waals surface area contributed by atoms with Crippen LogP contribution in [-0.2, 0) is 27.8 Å². The zero-order valence-electron chi connectivity index (χ0n) is 14.0. The van der Waals surface area contributed by atoms with Gasteiger partial charge in [-0.2, -0.15) is 4.31 Å². The van der Waals surface area contributed by atoms with Gasteiger partial charge in [-0.05, 0) is 48.6 Å². The van der Waals surface area contributed by atoms with E-state index in [-0.39, 0.29) is 29.8 Å². The number of anilines is 1. The summed E-state index contributed by atoms with van der Waals surface area (Å²) in [4.78, 5) is 15.2. The smallest absolute Gasteiger partial charge is 0.246 e. The Kier molecular flexibility index (Phi) is 4.24. The van der Waals surface area contributed by atoms with Gasteiger partial charge in [0, 0.05) is 37.1 Å². The lowest BCUT2D eigenvalue weighted by molar-refractivity contribution is -0.116. The second-order valence-electron chi connectivity index (χ2n) is 6.63. The van der Waals surface area contributed by atoms with Gasteiger partial charge < -0.3 is 5.32 Å². The number of fused-ring (bicyclic) bond motifs is 1. The van der Waals surface area contributed by atoms with E-state index < -0.39 is 15.8 Å². The molecule has 1 amide bonds. The maximum atomic E-state index is 14.6. The molecule has 0 bridgehead atoms. The Balaban J connectivity index is 1.71. The van der Waals surface area contributed by atoms with Crippen LogP contribution in [0, 0.1) is 5.82 Å². The molecule has 2 heterocycles. The molecule has 1 fully saturated rings. The molecule has 0 spiro atoms. The highest BCUT2D eigenvalue weighted by molar-refractivity contribution is 7.89. The standard InChI is InChI=1S/C18H18FN3O3S/c19-15-9-16-13(3-6-18(23)21-16)8-17(15)26(24,25)22(14-4-5-14)11-12-2-1-7-20-10-12/h1-2,7-10,14H,3-6,11H2,(H,21,23). The molecule has 0 unspecified atom stereocenters. The van der Waals surface area contributed by atoms with Crippen LogP contribution < -0.4 is 5.32 Å². The molecule has 1 aliphatic heterocycles. The van der Waals surface area contributed by atoms with E-state index in [1.165, 1.54) is 10.4 Å². The fourth-order valence-electron chi connectivity index (χ4n) is 3.15. The van der Waals surface area contributed by atoms with Gasteiger partial charge in [-0.3, -0.25) is 9.78 Å². The van der Waals surface area contributed by atoms with E-state index in [2.05, 4.69) is 10.3 Å². The molecule has 8 heteroatoms. The number of hydrogen-bond acceptors (Lipinski definition) is 4. The number of aryl methyl sites for hydroxylation is 1. The Morgan fingerprint density at radius 1 is 1.27 bits per heavy atom. The highest BCUT2D eigenvalue weighted by atomic mass is 32.2. The maximum absolute atomic E-state index is 14.6. The van der Waals surface area contributed by atoms with Crippen LogP contribution in [0.2, 0.25) is 0 Å². The van der Waals surface area contributed by atoms with Crippen molar-refractivity contribution in [2.24, 2.45) is 0 Å². The van der Waals surface area contributed by atoms with Crippen molar-refractivity contribution in [2.75, 3.05) is 5.32 Å². The number of carbonyl (C=O) groups excluding carboxylic acids is 1. The van der Waals surface area contributed by atoms with Crippen LogP contribution in [-0.4, -0.2) is 29.7 Å². The van der Waals surface area contributed by atoms with Gasteiger partial charge in [-0.25, -0.2) is 12.8 Å². The number of pyridine rings is 1. The van der Waals surface area contributed by atoms with E-state index in [1.54, 1.807) is 24.5 Å². The highest BCUT2D eigenvalue weighted by Gasteiger charge is 2.39. The number of carbonyl (C=O) groups is 1.